The van der Waals surface area contributed by atoms with Crippen LogP contribution < -0.4 is 4.90 Å². The second-order valence-corrected chi connectivity index (χ2v) is 5.70. The molecule has 0 spiro atoms. The van der Waals surface area contributed by atoms with E-state index < -0.39 is 0 Å². The van der Waals surface area contributed by atoms with E-state index in [1.165, 1.54) is 5.56 Å². The SMILES string of the molecule is O=CN1CCN(CC(=O)N2CCCc3ccccc32)CC1. The van der Waals surface area contributed by atoms with E-state index in [0.29, 0.717) is 19.6 Å². The Labute approximate surface area is 125 Å². The number of piperazine rings is 1. The third-order valence-electron chi connectivity index (χ3n) is 4.33. The molecule has 112 valence electrons. The summed E-state index contributed by atoms with van der Waals surface area (Å²) in [5.74, 6) is 0.168. The highest BCUT2D eigenvalue weighted by Gasteiger charge is 2.25. The van der Waals surface area contributed by atoms with Crippen molar-refractivity contribution in [2.24, 2.45) is 0 Å². The van der Waals surface area contributed by atoms with Crippen LogP contribution in [0.2, 0.25) is 0 Å². The predicted molar refractivity (Wildman–Crippen MR) is 81.2 cm³/mol. The van der Waals surface area contributed by atoms with Gasteiger partial charge in [-0.25, -0.2) is 0 Å². The van der Waals surface area contributed by atoms with Crippen molar-refractivity contribution >= 4 is 18.0 Å². The van der Waals surface area contributed by atoms with E-state index in [9.17, 15) is 9.59 Å². The minimum absolute atomic E-state index is 0.168. The number of hydrogen-bond acceptors (Lipinski definition) is 3. The number of aryl methyl sites for hydroxylation is 1. The van der Waals surface area contributed by atoms with Gasteiger partial charge in [-0.15, -0.1) is 0 Å². The van der Waals surface area contributed by atoms with Crippen LogP contribution in [0.3, 0.4) is 0 Å². The summed E-state index contributed by atoms with van der Waals surface area (Å²) in [4.78, 5) is 29.1. The molecule has 5 nitrogen and oxygen atoms in total. The second-order valence-electron chi connectivity index (χ2n) is 5.70. The zero-order valence-corrected chi connectivity index (χ0v) is 12.2. The number of carbonyl (C=O) groups excluding carboxylic acids is 2. The van der Waals surface area contributed by atoms with Crippen molar-refractivity contribution in [3.05, 3.63) is 29.8 Å². The highest BCUT2D eigenvalue weighted by molar-refractivity contribution is 5.95. The van der Waals surface area contributed by atoms with Gasteiger partial charge in [-0.1, -0.05) is 18.2 Å². The van der Waals surface area contributed by atoms with E-state index in [1.807, 2.05) is 23.1 Å². The largest absolute Gasteiger partial charge is 0.343 e. The van der Waals surface area contributed by atoms with Crippen LogP contribution in [0.5, 0.6) is 0 Å². The molecule has 1 saturated heterocycles. The van der Waals surface area contributed by atoms with Crippen LogP contribution in [-0.4, -0.2) is 61.4 Å². The topological polar surface area (TPSA) is 43.9 Å². The Morgan fingerprint density at radius 3 is 2.62 bits per heavy atom. The Hall–Kier alpha value is -1.88. The van der Waals surface area contributed by atoms with Crippen LogP contribution in [0.15, 0.2) is 24.3 Å². The summed E-state index contributed by atoms with van der Waals surface area (Å²) in [6.45, 7) is 4.24. The number of rotatable bonds is 3. The third kappa shape index (κ3) is 3.08. The molecule has 0 N–H and O–H groups in total. The molecule has 2 heterocycles. The first kappa shape index (κ1) is 14.1. The lowest BCUT2D eigenvalue weighted by Crippen LogP contribution is -2.50. The molecule has 21 heavy (non-hydrogen) atoms. The average Bonchev–Trinajstić information content (AvgIpc) is 2.55. The molecule has 0 aromatic heterocycles. The molecule has 2 amide bonds. The lowest BCUT2D eigenvalue weighted by atomic mass is 10.0. The number of hydrogen-bond donors (Lipinski definition) is 0. The molecule has 1 aromatic carbocycles. The molecule has 0 saturated carbocycles. The van der Waals surface area contributed by atoms with Gasteiger partial charge in [-0.2, -0.15) is 0 Å². The molecule has 1 aromatic rings. The fourth-order valence-corrected chi connectivity index (χ4v) is 3.10. The molecule has 0 bridgehead atoms. The molecular formula is C16H21N3O2. The molecule has 0 aliphatic carbocycles. The molecular weight excluding hydrogens is 266 g/mol. The molecule has 2 aliphatic heterocycles. The van der Waals surface area contributed by atoms with E-state index >= 15 is 0 Å². The lowest BCUT2D eigenvalue weighted by Gasteiger charge is -2.35. The van der Waals surface area contributed by atoms with Gasteiger partial charge in [0.15, 0.2) is 0 Å². The van der Waals surface area contributed by atoms with Crippen molar-refractivity contribution in [1.82, 2.24) is 9.80 Å². The Kier molecular flexibility index (Phi) is 4.20. The molecule has 0 radical (unpaired) electrons. The molecule has 2 aliphatic rings. The average molecular weight is 287 g/mol. The summed E-state index contributed by atoms with van der Waals surface area (Å²) < 4.78 is 0. The Morgan fingerprint density at radius 2 is 1.86 bits per heavy atom. The number of para-hydroxylation sites is 1. The van der Waals surface area contributed by atoms with E-state index in [0.717, 1.165) is 44.6 Å². The van der Waals surface area contributed by atoms with Gasteiger partial charge >= 0.3 is 0 Å². The van der Waals surface area contributed by atoms with Crippen LogP contribution in [-0.2, 0) is 16.0 Å². The van der Waals surface area contributed by atoms with Crippen LogP contribution in [0.4, 0.5) is 5.69 Å². The molecule has 0 atom stereocenters. The first-order valence-electron chi connectivity index (χ1n) is 7.58. The lowest BCUT2D eigenvalue weighted by molar-refractivity contribution is -0.122. The standard InChI is InChI=1S/C16H21N3O2/c20-13-18-10-8-17(9-11-18)12-16(21)19-7-3-5-14-4-1-2-6-15(14)19/h1-2,4,6,13H,3,5,7-12H2. The fraction of sp³-hybridized carbons (Fsp3) is 0.500. The van der Waals surface area contributed by atoms with Crippen molar-refractivity contribution in [2.75, 3.05) is 44.2 Å². The van der Waals surface area contributed by atoms with Gasteiger partial charge in [0.2, 0.25) is 12.3 Å². The van der Waals surface area contributed by atoms with Crippen LogP contribution in [0.25, 0.3) is 0 Å². The number of amides is 2. The molecule has 5 heteroatoms. The van der Waals surface area contributed by atoms with Crippen molar-refractivity contribution < 1.29 is 9.59 Å². The minimum Gasteiger partial charge on any atom is -0.343 e. The Bertz CT molecular complexity index is 524. The van der Waals surface area contributed by atoms with Crippen molar-refractivity contribution in [3.8, 4) is 0 Å². The maximum absolute atomic E-state index is 12.6. The summed E-state index contributed by atoms with van der Waals surface area (Å²) in [6, 6.07) is 8.17. The van der Waals surface area contributed by atoms with Gasteiger partial charge in [0.05, 0.1) is 6.54 Å². The summed E-state index contributed by atoms with van der Waals surface area (Å²) in [5, 5.41) is 0. The molecule has 1 fully saturated rings. The number of carbonyl (C=O) groups is 2. The summed E-state index contributed by atoms with van der Waals surface area (Å²) in [5.41, 5.74) is 2.34. The van der Waals surface area contributed by atoms with Crippen molar-refractivity contribution in [2.45, 2.75) is 12.8 Å². The smallest absolute Gasteiger partial charge is 0.241 e. The van der Waals surface area contributed by atoms with Gasteiger partial charge in [-0.3, -0.25) is 14.5 Å². The van der Waals surface area contributed by atoms with Gasteiger partial charge in [0.25, 0.3) is 0 Å². The molecule has 3 rings (SSSR count). The van der Waals surface area contributed by atoms with Crippen LogP contribution in [0.1, 0.15) is 12.0 Å². The van der Waals surface area contributed by atoms with Gasteiger partial charge in [0, 0.05) is 38.4 Å². The Morgan fingerprint density at radius 1 is 1.10 bits per heavy atom. The van der Waals surface area contributed by atoms with E-state index in [1.54, 1.807) is 4.90 Å². The number of anilines is 1. The second kappa shape index (κ2) is 6.26. The quantitative estimate of drug-likeness (QED) is 0.770. The predicted octanol–water partition coefficient (Wildman–Crippen LogP) is 0.740. The van der Waals surface area contributed by atoms with Gasteiger partial charge < -0.3 is 9.80 Å². The third-order valence-corrected chi connectivity index (χ3v) is 4.33. The monoisotopic (exact) mass is 287 g/mol. The van der Waals surface area contributed by atoms with E-state index in [2.05, 4.69) is 11.0 Å². The minimum atomic E-state index is 0.168. The highest BCUT2D eigenvalue weighted by atomic mass is 16.2. The fourth-order valence-electron chi connectivity index (χ4n) is 3.10. The first-order chi connectivity index (χ1) is 10.3. The summed E-state index contributed by atoms with van der Waals surface area (Å²) in [6.07, 6.45) is 2.97. The van der Waals surface area contributed by atoms with Crippen molar-refractivity contribution in [1.29, 1.82) is 0 Å². The zero-order valence-electron chi connectivity index (χ0n) is 12.2. The maximum Gasteiger partial charge on any atom is 0.241 e. The van der Waals surface area contributed by atoms with Gasteiger partial charge in [-0.05, 0) is 24.5 Å². The number of nitrogens with zero attached hydrogens (tertiary/aromatic N) is 3. The first-order valence-corrected chi connectivity index (χ1v) is 7.58. The zero-order chi connectivity index (χ0) is 14.7. The molecule has 0 unspecified atom stereocenters. The summed E-state index contributed by atoms with van der Waals surface area (Å²) in [7, 11) is 0. The van der Waals surface area contributed by atoms with Gasteiger partial charge in [0.1, 0.15) is 0 Å². The van der Waals surface area contributed by atoms with E-state index in [-0.39, 0.29) is 5.91 Å². The highest BCUT2D eigenvalue weighted by Crippen LogP contribution is 2.26. The summed E-state index contributed by atoms with van der Waals surface area (Å²) >= 11 is 0. The van der Waals surface area contributed by atoms with E-state index in [4.69, 9.17) is 0 Å². The maximum atomic E-state index is 12.6. The van der Waals surface area contributed by atoms with Crippen LogP contribution >= 0.6 is 0 Å². The number of benzene rings is 1. The number of fused-ring (bicyclic) bond motifs is 1. The van der Waals surface area contributed by atoms with Crippen molar-refractivity contribution in [3.63, 3.8) is 0 Å². The van der Waals surface area contributed by atoms with Crippen LogP contribution in [0, 0.1) is 0 Å². The normalized spacial score (nSPS) is 19.2. The Balaban J connectivity index is 1.63.